The van der Waals surface area contributed by atoms with Crippen LogP contribution in [0.2, 0.25) is 0 Å². The number of rotatable bonds is 10. The topological polar surface area (TPSA) is 112 Å². The van der Waals surface area contributed by atoms with Gasteiger partial charge in [-0.1, -0.05) is 13.3 Å². The van der Waals surface area contributed by atoms with Crippen molar-refractivity contribution in [2.75, 3.05) is 19.7 Å². The molecule has 26 heavy (non-hydrogen) atoms. The van der Waals surface area contributed by atoms with Gasteiger partial charge in [-0.15, -0.1) is 0 Å². The Morgan fingerprint density at radius 1 is 1.35 bits per heavy atom. The molecule has 1 aromatic heterocycles. The predicted octanol–water partition coefficient (Wildman–Crippen LogP) is 1.98. The van der Waals surface area contributed by atoms with E-state index in [0.717, 1.165) is 37.9 Å². The predicted molar refractivity (Wildman–Crippen MR) is 103 cm³/mol. The van der Waals surface area contributed by atoms with Gasteiger partial charge in [0, 0.05) is 25.1 Å². The van der Waals surface area contributed by atoms with Gasteiger partial charge < -0.3 is 11.5 Å². The van der Waals surface area contributed by atoms with E-state index in [1.54, 1.807) is 6.20 Å². The Morgan fingerprint density at radius 2 is 2.15 bits per heavy atom. The quantitative estimate of drug-likeness (QED) is 0.488. The minimum atomic E-state index is -0.171. The number of unbranched alkanes of at least 4 members (excludes halogenated alkanes) is 2. The molecule has 0 aliphatic carbocycles. The molecule has 0 fully saturated rings. The summed E-state index contributed by atoms with van der Waals surface area (Å²) in [4.78, 5) is 22.8. The highest BCUT2D eigenvalue weighted by Crippen LogP contribution is 2.27. The van der Waals surface area contributed by atoms with E-state index in [2.05, 4.69) is 10.1 Å². The second-order valence-corrected chi connectivity index (χ2v) is 6.26. The first-order valence-electron chi connectivity index (χ1n) is 9.34. The van der Waals surface area contributed by atoms with Gasteiger partial charge in [-0.3, -0.25) is 14.3 Å². The van der Waals surface area contributed by atoms with Crippen LogP contribution in [-0.2, 0) is 16.2 Å². The molecule has 1 aromatic rings. The number of amides is 1. The number of aromatic nitrogens is 2. The number of carbonyl (C=O) groups is 1. The summed E-state index contributed by atoms with van der Waals surface area (Å²) in [6.07, 6.45) is 7.67. The number of nitrogens with two attached hydrogens (primary N) is 2. The third-order valence-electron chi connectivity index (χ3n) is 4.09. The maximum absolute atomic E-state index is 12.9. The van der Waals surface area contributed by atoms with Gasteiger partial charge in [-0.2, -0.15) is 5.10 Å². The molecule has 8 nitrogen and oxygen atoms in total. The van der Waals surface area contributed by atoms with E-state index in [9.17, 15) is 4.79 Å². The van der Waals surface area contributed by atoms with E-state index in [0.29, 0.717) is 43.2 Å². The average Bonchev–Trinajstić information content (AvgIpc) is 2.89. The third kappa shape index (κ3) is 5.15. The van der Waals surface area contributed by atoms with Crippen LogP contribution in [0.3, 0.4) is 0 Å². The molecule has 8 heteroatoms. The van der Waals surface area contributed by atoms with Crippen molar-refractivity contribution in [3.05, 3.63) is 17.5 Å². The molecular formula is C18H30N6O2. The van der Waals surface area contributed by atoms with Gasteiger partial charge in [0.25, 0.3) is 5.91 Å². The Hall–Kier alpha value is -2.19. The molecule has 0 spiro atoms. The van der Waals surface area contributed by atoms with Crippen molar-refractivity contribution < 1.29 is 9.63 Å². The van der Waals surface area contributed by atoms with Crippen LogP contribution < -0.4 is 11.5 Å². The lowest BCUT2D eigenvalue weighted by atomic mass is 10.1. The van der Waals surface area contributed by atoms with Crippen molar-refractivity contribution >= 4 is 23.5 Å². The molecule has 2 rings (SSSR count). The molecule has 0 saturated heterocycles. The van der Waals surface area contributed by atoms with Crippen LogP contribution in [0.4, 0.5) is 5.69 Å². The van der Waals surface area contributed by atoms with E-state index in [4.69, 9.17) is 16.3 Å². The standard InChI is InChI=1S/C18H30N6O2/c1-3-9-24(26-4-2)18(25)14-11-16-15(22-17(20)12-14)13-21-23(16)10-7-5-6-8-19/h11,13H,3-10,12,19H2,1-2H3,(H2,20,22). The molecule has 1 amide bonds. The fraction of sp³-hybridized carbons (Fsp3) is 0.611. The van der Waals surface area contributed by atoms with Gasteiger partial charge >= 0.3 is 0 Å². The van der Waals surface area contributed by atoms with Crippen molar-refractivity contribution in [1.29, 1.82) is 0 Å². The van der Waals surface area contributed by atoms with Gasteiger partial charge in [0.15, 0.2) is 0 Å². The Labute approximate surface area is 154 Å². The van der Waals surface area contributed by atoms with Crippen molar-refractivity contribution in [1.82, 2.24) is 14.8 Å². The summed E-state index contributed by atoms with van der Waals surface area (Å²) in [5, 5.41) is 5.81. The molecule has 0 atom stereocenters. The Bertz CT molecular complexity index is 659. The summed E-state index contributed by atoms with van der Waals surface area (Å²) < 4.78 is 1.88. The van der Waals surface area contributed by atoms with Gasteiger partial charge in [0.05, 0.1) is 18.5 Å². The zero-order chi connectivity index (χ0) is 18.9. The Balaban J connectivity index is 2.25. The lowest BCUT2D eigenvalue weighted by Crippen LogP contribution is -2.34. The number of carbonyl (C=O) groups excluding carboxylic acids is 1. The molecule has 2 heterocycles. The molecule has 1 aliphatic heterocycles. The fourth-order valence-electron chi connectivity index (χ4n) is 2.87. The molecule has 1 aliphatic rings. The van der Waals surface area contributed by atoms with Crippen LogP contribution in [0.25, 0.3) is 6.08 Å². The van der Waals surface area contributed by atoms with Crippen molar-refractivity contribution in [2.24, 2.45) is 16.5 Å². The van der Waals surface area contributed by atoms with Gasteiger partial charge in [0.2, 0.25) is 0 Å². The van der Waals surface area contributed by atoms with Crippen molar-refractivity contribution in [3.63, 3.8) is 0 Å². The smallest absolute Gasteiger partial charge is 0.273 e. The maximum Gasteiger partial charge on any atom is 0.273 e. The number of fused-ring (bicyclic) bond motifs is 1. The fourth-order valence-corrected chi connectivity index (χ4v) is 2.87. The first-order chi connectivity index (χ1) is 12.6. The number of nitrogens with zero attached hydrogens (tertiary/aromatic N) is 4. The summed E-state index contributed by atoms with van der Waals surface area (Å²) in [5.41, 5.74) is 13.6. The highest BCUT2D eigenvalue weighted by molar-refractivity contribution is 6.04. The molecule has 0 unspecified atom stereocenters. The second kappa shape index (κ2) is 10.1. The summed E-state index contributed by atoms with van der Waals surface area (Å²) in [7, 11) is 0. The largest absolute Gasteiger partial charge is 0.387 e. The number of hydrogen-bond donors (Lipinski definition) is 2. The number of aliphatic imine (C=N–C) groups is 1. The maximum atomic E-state index is 12.9. The van der Waals surface area contributed by atoms with E-state index in [1.165, 1.54) is 5.06 Å². The Kier molecular flexibility index (Phi) is 7.80. The van der Waals surface area contributed by atoms with Crippen molar-refractivity contribution in [3.8, 4) is 0 Å². The zero-order valence-corrected chi connectivity index (χ0v) is 15.8. The minimum absolute atomic E-state index is 0.171. The SMILES string of the molecule is CCCN(OCC)C(=O)C1=Cc2c(cnn2CCCCCN)N=C(N)C1. The van der Waals surface area contributed by atoms with Crippen LogP contribution in [-0.4, -0.2) is 46.3 Å². The van der Waals surface area contributed by atoms with Crippen LogP contribution in [0.15, 0.2) is 16.8 Å². The van der Waals surface area contributed by atoms with Crippen LogP contribution in [0.5, 0.6) is 0 Å². The lowest BCUT2D eigenvalue weighted by Gasteiger charge is -2.21. The number of aryl methyl sites for hydroxylation is 1. The molecular weight excluding hydrogens is 332 g/mol. The minimum Gasteiger partial charge on any atom is -0.387 e. The summed E-state index contributed by atoms with van der Waals surface area (Å²) in [5.74, 6) is 0.231. The number of amidine groups is 1. The molecule has 0 aromatic carbocycles. The molecule has 144 valence electrons. The highest BCUT2D eigenvalue weighted by Gasteiger charge is 2.23. The van der Waals surface area contributed by atoms with Crippen LogP contribution in [0, 0.1) is 0 Å². The first-order valence-corrected chi connectivity index (χ1v) is 9.34. The van der Waals surface area contributed by atoms with Crippen LogP contribution >= 0.6 is 0 Å². The normalized spacial score (nSPS) is 13.7. The summed E-state index contributed by atoms with van der Waals surface area (Å²) in [6, 6.07) is 0. The van der Waals surface area contributed by atoms with Gasteiger partial charge in [-0.25, -0.2) is 10.1 Å². The van der Waals surface area contributed by atoms with Crippen molar-refractivity contribution in [2.45, 2.75) is 52.5 Å². The number of hydrogen-bond acceptors (Lipinski definition) is 6. The summed E-state index contributed by atoms with van der Waals surface area (Å²) in [6.45, 7) is 6.29. The highest BCUT2D eigenvalue weighted by atomic mass is 16.7. The summed E-state index contributed by atoms with van der Waals surface area (Å²) >= 11 is 0. The lowest BCUT2D eigenvalue weighted by molar-refractivity contribution is -0.180. The zero-order valence-electron chi connectivity index (χ0n) is 15.8. The second-order valence-electron chi connectivity index (χ2n) is 6.26. The average molecular weight is 362 g/mol. The van der Waals surface area contributed by atoms with Gasteiger partial charge in [0.1, 0.15) is 11.5 Å². The molecule has 0 radical (unpaired) electrons. The Morgan fingerprint density at radius 3 is 2.85 bits per heavy atom. The first kappa shape index (κ1) is 20.1. The number of hydroxylamine groups is 2. The monoisotopic (exact) mass is 362 g/mol. The van der Waals surface area contributed by atoms with Gasteiger partial charge in [-0.05, 0) is 38.8 Å². The molecule has 0 saturated carbocycles. The third-order valence-corrected chi connectivity index (χ3v) is 4.09. The van der Waals surface area contributed by atoms with E-state index >= 15 is 0 Å². The molecule has 4 N–H and O–H groups in total. The van der Waals surface area contributed by atoms with E-state index in [1.807, 2.05) is 24.6 Å². The van der Waals surface area contributed by atoms with E-state index in [-0.39, 0.29) is 5.91 Å². The van der Waals surface area contributed by atoms with Crippen LogP contribution in [0.1, 0.15) is 51.6 Å². The molecule has 0 bridgehead atoms. The van der Waals surface area contributed by atoms with E-state index < -0.39 is 0 Å².